The van der Waals surface area contributed by atoms with Crippen molar-refractivity contribution in [3.8, 4) is 16.9 Å². The minimum absolute atomic E-state index is 0.117. The van der Waals surface area contributed by atoms with Crippen molar-refractivity contribution in [2.45, 2.75) is 6.42 Å². The number of hydrogen-bond donors (Lipinski definition) is 1. The van der Waals surface area contributed by atoms with Gasteiger partial charge in [-0.1, -0.05) is 6.07 Å². The molecule has 1 aromatic carbocycles. The van der Waals surface area contributed by atoms with Crippen molar-refractivity contribution in [3.05, 3.63) is 46.6 Å². The number of aromatic nitrogens is 2. The van der Waals surface area contributed by atoms with E-state index in [0.29, 0.717) is 5.56 Å². The van der Waals surface area contributed by atoms with Gasteiger partial charge in [0, 0.05) is 12.6 Å². The van der Waals surface area contributed by atoms with Crippen LogP contribution < -0.4 is 10.3 Å². The first-order chi connectivity index (χ1) is 7.84. The molecule has 0 unspecified atom stereocenters. The number of aromatic amines is 1. The molecule has 2 heterocycles. The molecule has 1 aromatic heterocycles. The van der Waals surface area contributed by atoms with E-state index in [4.69, 9.17) is 4.74 Å². The molecule has 0 atom stereocenters. The Kier molecular flexibility index (Phi) is 1.99. The Morgan fingerprint density at radius 2 is 2.31 bits per heavy atom. The Morgan fingerprint density at radius 3 is 3.19 bits per heavy atom. The fraction of sp³-hybridized carbons (Fsp3) is 0.167. The van der Waals surface area contributed by atoms with Crippen LogP contribution in [0.4, 0.5) is 0 Å². The highest BCUT2D eigenvalue weighted by molar-refractivity contribution is 5.64. The molecule has 0 saturated heterocycles. The molecular weight excluding hydrogens is 204 g/mol. The second kappa shape index (κ2) is 3.48. The van der Waals surface area contributed by atoms with Gasteiger partial charge in [0.2, 0.25) is 0 Å². The van der Waals surface area contributed by atoms with Crippen LogP contribution in [0.3, 0.4) is 0 Å². The summed E-state index contributed by atoms with van der Waals surface area (Å²) >= 11 is 0. The van der Waals surface area contributed by atoms with E-state index in [2.05, 4.69) is 9.97 Å². The van der Waals surface area contributed by atoms with Gasteiger partial charge in [0.1, 0.15) is 5.75 Å². The van der Waals surface area contributed by atoms with Gasteiger partial charge in [-0.2, -0.15) is 0 Å². The molecule has 4 nitrogen and oxygen atoms in total. The number of ether oxygens (including phenoxy) is 1. The van der Waals surface area contributed by atoms with E-state index in [0.717, 1.165) is 29.9 Å². The summed E-state index contributed by atoms with van der Waals surface area (Å²) in [7, 11) is 0. The normalized spacial score (nSPS) is 13.2. The van der Waals surface area contributed by atoms with E-state index in [9.17, 15) is 4.79 Å². The van der Waals surface area contributed by atoms with Crippen molar-refractivity contribution in [1.82, 2.24) is 9.97 Å². The van der Waals surface area contributed by atoms with Crippen LogP contribution in [0.1, 0.15) is 5.56 Å². The van der Waals surface area contributed by atoms with Crippen molar-refractivity contribution >= 4 is 0 Å². The van der Waals surface area contributed by atoms with Crippen molar-refractivity contribution in [3.63, 3.8) is 0 Å². The largest absolute Gasteiger partial charge is 0.493 e. The third kappa shape index (κ3) is 1.39. The summed E-state index contributed by atoms with van der Waals surface area (Å²) < 4.78 is 5.42. The van der Waals surface area contributed by atoms with Crippen LogP contribution >= 0.6 is 0 Å². The average molecular weight is 214 g/mol. The van der Waals surface area contributed by atoms with Crippen molar-refractivity contribution in [2.75, 3.05) is 6.61 Å². The van der Waals surface area contributed by atoms with Gasteiger partial charge < -0.3 is 9.72 Å². The minimum Gasteiger partial charge on any atom is -0.493 e. The van der Waals surface area contributed by atoms with Crippen LogP contribution in [-0.2, 0) is 6.42 Å². The lowest BCUT2D eigenvalue weighted by atomic mass is 10.0. The monoisotopic (exact) mass is 214 g/mol. The van der Waals surface area contributed by atoms with Gasteiger partial charge >= 0.3 is 0 Å². The highest BCUT2D eigenvalue weighted by atomic mass is 16.5. The fourth-order valence-electron chi connectivity index (χ4n) is 1.90. The van der Waals surface area contributed by atoms with Gasteiger partial charge in [0.15, 0.2) is 0 Å². The number of H-pyrrole nitrogens is 1. The molecule has 4 heteroatoms. The first-order valence-corrected chi connectivity index (χ1v) is 5.13. The van der Waals surface area contributed by atoms with E-state index >= 15 is 0 Å². The second-order valence-corrected chi connectivity index (χ2v) is 3.72. The van der Waals surface area contributed by atoms with E-state index in [1.165, 1.54) is 6.33 Å². The van der Waals surface area contributed by atoms with Gasteiger partial charge in [-0.15, -0.1) is 0 Å². The van der Waals surface area contributed by atoms with Gasteiger partial charge in [-0.3, -0.25) is 4.79 Å². The number of benzene rings is 1. The molecule has 0 saturated carbocycles. The molecule has 1 aliphatic heterocycles. The number of rotatable bonds is 1. The first kappa shape index (κ1) is 9.15. The summed E-state index contributed by atoms with van der Waals surface area (Å²) in [6, 6.07) is 5.79. The SMILES string of the molecule is O=c1[nH]cncc1-c1ccc2c(c1)CCO2. The summed E-state index contributed by atoms with van der Waals surface area (Å²) in [5, 5.41) is 0. The van der Waals surface area contributed by atoms with Crippen LogP contribution in [0.15, 0.2) is 35.5 Å². The maximum atomic E-state index is 11.6. The lowest BCUT2D eigenvalue weighted by Crippen LogP contribution is -2.08. The quantitative estimate of drug-likeness (QED) is 0.780. The van der Waals surface area contributed by atoms with E-state index in [-0.39, 0.29) is 5.56 Å². The van der Waals surface area contributed by atoms with Crippen LogP contribution in [0, 0.1) is 0 Å². The fourth-order valence-corrected chi connectivity index (χ4v) is 1.90. The molecule has 0 aliphatic carbocycles. The zero-order valence-electron chi connectivity index (χ0n) is 8.56. The van der Waals surface area contributed by atoms with E-state index < -0.39 is 0 Å². The average Bonchev–Trinajstić information content (AvgIpc) is 2.76. The van der Waals surface area contributed by atoms with Crippen LogP contribution in [0.5, 0.6) is 5.75 Å². The summed E-state index contributed by atoms with van der Waals surface area (Å²) in [4.78, 5) is 18.1. The molecule has 0 fully saturated rings. The lowest BCUT2D eigenvalue weighted by Gasteiger charge is -2.02. The molecule has 0 bridgehead atoms. The van der Waals surface area contributed by atoms with E-state index in [1.54, 1.807) is 6.20 Å². The Bertz CT molecular complexity index is 590. The predicted molar refractivity (Wildman–Crippen MR) is 59.5 cm³/mol. The molecule has 2 aromatic rings. The Labute approximate surface area is 91.9 Å². The van der Waals surface area contributed by atoms with Gasteiger partial charge in [-0.05, 0) is 23.3 Å². The minimum atomic E-state index is -0.117. The Morgan fingerprint density at radius 1 is 1.38 bits per heavy atom. The highest BCUT2D eigenvalue weighted by Crippen LogP contribution is 2.28. The molecule has 1 aliphatic rings. The highest BCUT2D eigenvalue weighted by Gasteiger charge is 2.13. The molecular formula is C12H10N2O2. The van der Waals surface area contributed by atoms with Crippen LogP contribution in [0.2, 0.25) is 0 Å². The third-order valence-corrected chi connectivity index (χ3v) is 2.72. The zero-order chi connectivity index (χ0) is 11.0. The zero-order valence-corrected chi connectivity index (χ0v) is 8.56. The molecule has 3 rings (SSSR count). The lowest BCUT2D eigenvalue weighted by molar-refractivity contribution is 0.357. The van der Waals surface area contributed by atoms with Gasteiger partial charge in [-0.25, -0.2) is 4.98 Å². The summed E-state index contributed by atoms with van der Waals surface area (Å²) in [6.07, 6.45) is 3.88. The van der Waals surface area contributed by atoms with Crippen molar-refractivity contribution in [1.29, 1.82) is 0 Å². The van der Waals surface area contributed by atoms with Crippen LogP contribution in [0.25, 0.3) is 11.1 Å². The molecule has 16 heavy (non-hydrogen) atoms. The molecule has 80 valence electrons. The predicted octanol–water partition coefficient (Wildman–Crippen LogP) is 1.37. The van der Waals surface area contributed by atoms with Gasteiger partial charge in [0.25, 0.3) is 5.56 Å². The first-order valence-electron chi connectivity index (χ1n) is 5.13. The van der Waals surface area contributed by atoms with E-state index in [1.807, 2.05) is 18.2 Å². The maximum absolute atomic E-state index is 11.6. The number of hydrogen-bond acceptors (Lipinski definition) is 3. The Hall–Kier alpha value is -2.10. The number of nitrogens with zero attached hydrogens (tertiary/aromatic N) is 1. The number of nitrogens with one attached hydrogen (secondary N) is 1. The molecule has 0 amide bonds. The topological polar surface area (TPSA) is 55.0 Å². The van der Waals surface area contributed by atoms with Crippen molar-refractivity contribution < 1.29 is 4.74 Å². The number of fused-ring (bicyclic) bond motifs is 1. The smallest absolute Gasteiger partial charge is 0.258 e. The summed E-state index contributed by atoms with van der Waals surface area (Å²) in [5.41, 5.74) is 2.52. The van der Waals surface area contributed by atoms with Crippen molar-refractivity contribution in [2.24, 2.45) is 0 Å². The van der Waals surface area contributed by atoms with Crippen LogP contribution in [-0.4, -0.2) is 16.6 Å². The maximum Gasteiger partial charge on any atom is 0.258 e. The van der Waals surface area contributed by atoms with Gasteiger partial charge in [0.05, 0.1) is 18.5 Å². The molecule has 0 radical (unpaired) electrons. The Balaban J connectivity index is 2.15. The molecule has 1 N–H and O–H groups in total. The molecule has 0 spiro atoms. The summed E-state index contributed by atoms with van der Waals surface area (Å²) in [6.45, 7) is 0.724. The second-order valence-electron chi connectivity index (χ2n) is 3.72. The standard InChI is InChI=1S/C12H10N2O2/c15-12-10(6-13-7-14-12)8-1-2-11-9(5-8)3-4-16-11/h1-2,5-7H,3-4H2,(H,13,14,15). The summed E-state index contributed by atoms with van der Waals surface area (Å²) in [5.74, 6) is 0.920. The third-order valence-electron chi connectivity index (χ3n) is 2.72.